The van der Waals surface area contributed by atoms with E-state index in [-0.39, 0.29) is 17.7 Å². The average molecular weight is 396 g/mol. The van der Waals surface area contributed by atoms with Crippen LogP contribution in [-0.2, 0) is 4.79 Å². The maximum Gasteiger partial charge on any atom is 0.270 e. The molecule has 0 unspecified atom stereocenters. The van der Waals surface area contributed by atoms with Crippen LogP contribution in [0.3, 0.4) is 0 Å². The van der Waals surface area contributed by atoms with Gasteiger partial charge in [-0.3, -0.25) is 9.59 Å². The Kier molecular flexibility index (Phi) is 5.94. The maximum atomic E-state index is 12.8. The molecule has 0 bridgehead atoms. The summed E-state index contributed by atoms with van der Waals surface area (Å²) < 4.78 is 1.76. The van der Waals surface area contributed by atoms with Gasteiger partial charge in [0.25, 0.3) is 5.91 Å². The number of rotatable bonds is 8. The number of hydrogen-bond donors (Lipinski definition) is 2. The molecule has 0 spiro atoms. The highest BCUT2D eigenvalue weighted by Gasteiger charge is 2.29. The van der Waals surface area contributed by atoms with E-state index in [1.165, 1.54) is 0 Å². The highest BCUT2D eigenvalue weighted by Crippen LogP contribution is 2.39. The Morgan fingerprint density at radius 2 is 1.83 bits per heavy atom. The smallest absolute Gasteiger partial charge is 0.270 e. The number of aromatic nitrogens is 2. The van der Waals surface area contributed by atoms with E-state index in [4.69, 9.17) is 10.8 Å². The van der Waals surface area contributed by atoms with Crippen molar-refractivity contribution in [3.63, 3.8) is 0 Å². The van der Waals surface area contributed by atoms with Gasteiger partial charge in [-0.25, -0.2) is 4.68 Å². The first-order chi connectivity index (χ1) is 14.1. The lowest BCUT2D eigenvalue weighted by atomic mass is 9.96. The van der Waals surface area contributed by atoms with Crippen LogP contribution in [0.15, 0.2) is 36.4 Å². The molecule has 1 aromatic heterocycles. The molecule has 2 aliphatic rings. The van der Waals surface area contributed by atoms with Crippen LogP contribution in [0.4, 0.5) is 0 Å². The van der Waals surface area contributed by atoms with Gasteiger partial charge in [0.15, 0.2) is 0 Å². The van der Waals surface area contributed by atoms with Gasteiger partial charge in [-0.15, -0.1) is 0 Å². The molecule has 1 aliphatic carbocycles. The number of carbonyl (C=O) groups excluding carboxylic acids is 2. The number of carbonyl (C=O) groups is 2. The lowest BCUT2D eigenvalue weighted by molar-refractivity contribution is -0.123. The molecular weight excluding hydrogens is 366 g/mol. The van der Waals surface area contributed by atoms with Gasteiger partial charge >= 0.3 is 0 Å². The minimum atomic E-state index is -0.183. The molecule has 4 rings (SSSR count). The standard InChI is InChI=1S/C22H29N5O2/c23-21(28)17-9-13-26(14-10-17)12-4-11-24-22(29)20-15-19(16-7-8-16)25-27(20)18-5-2-1-3-6-18/h1-3,5-6,15-17H,4,7-14H2,(H2,23,28)(H,24,29). The lowest BCUT2D eigenvalue weighted by Gasteiger charge is -2.30. The van der Waals surface area contributed by atoms with Gasteiger partial charge in [0.2, 0.25) is 5.91 Å². The minimum absolute atomic E-state index is 0.0184. The van der Waals surface area contributed by atoms with Crippen LogP contribution < -0.4 is 11.1 Å². The molecule has 2 aromatic rings. The summed E-state index contributed by atoms with van der Waals surface area (Å²) in [5.41, 5.74) is 7.90. The van der Waals surface area contributed by atoms with Gasteiger partial charge in [-0.05, 0) is 69.9 Å². The fourth-order valence-corrected chi connectivity index (χ4v) is 3.94. The number of nitrogens with one attached hydrogen (secondary N) is 1. The predicted molar refractivity (Wildman–Crippen MR) is 111 cm³/mol. The van der Waals surface area contributed by atoms with E-state index in [9.17, 15) is 9.59 Å². The summed E-state index contributed by atoms with van der Waals surface area (Å²) in [5, 5.41) is 7.74. The molecule has 3 N–H and O–H groups in total. The highest BCUT2D eigenvalue weighted by molar-refractivity contribution is 5.93. The number of nitrogens with two attached hydrogens (primary N) is 1. The van der Waals surface area contributed by atoms with E-state index >= 15 is 0 Å². The van der Waals surface area contributed by atoms with Crippen LogP contribution in [0.5, 0.6) is 0 Å². The molecular formula is C22H29N5O2. The number of primary amides is 1. The summed E-state index contributed by atoms with van der Waals surface area (Å²) in [6.45, 7) is 3.32. The zero-order valence-corrected chi connectivity index (χ0v) is 16.7. The van der Waals surface area contributed by atoms with E-state index in [1.54, 1.807) is 4.68 Å². The topological polar surface area (TPSA) is 93.2 Å². The number of nitrogens with zero attached hydrogens (tertiary/aromatic N) is 3. The van der Waals surface area contributed by atoms with Crippen molar-refractivity contribution >= 4 is 11.8 Å². The maximum absolute atomic E-state index is 12.8. The highest BCUT2D eigenvalue weighted by atomic mass is 16.2. The Bertz CT molecular complexity index is 851. The Labute approximate surface area is 171 Å². The summed E-state index contributed by atoms with van der Waals surface area (Å²) in [6.07, 6.45) is 4.85. The monoisotopic (exact) mass is 395 g/mol. The molecule has 1 saturated carbocycles. The quantitative estimate of drug-likeness (QED) is 0.669. The van der Waals surface area contributed by atoms with Crippen LogP contribution in [0.1, 0.15) is 54.2 Å². The van der Waals surface area contributed by atoms with Crippen molar-refractivity contribution in [2.45, 2.75) is 38.0 Å². The molecule has 154 valence electrons. The van der Waals surface area contributed by atoms with Crippen molar-refractivity contribution in [1.82, 2.24) is 20.0 Å². The number of para-hydroxylation sites is 1. The molecule has 2 amide bonds. The van der Waals surface area contributed by atoms with Crippen LogP contribution in [0.25, 0.3) is 5.69 Å². The summed E-state index contributed by atoms with van der Waals surface area (Å²) in [6, 6.07) is 11.7. The third kappa shape index (κ3) is 4.85. The van der Waals surface area contributed by atoms with Crippen LogP contribution in [0, 0.1) is 5.92 Å². The average Bonchev–Trinajstić information content (AvgIpc) is 3.50. The van der Waals surface area contributed by atoms with E-state index in [0.29, 0.717) is 18.2 Å². The molecule has 0 radical (unpaired) electrons. The molecule has 29 heavy (non-hydrogen) atoms. The third-order valence-corrected chi connectivity index (χ3v) is 5.88. The van der Waals surface area contributed by atoms with Crippen molar-refractivity contribution < 1.29 is 9.59 Å². The first kappa shape index (κ1) is 19.6. The molecule has 7 nitrogen and oxygen atoms in total. The Morgan fingerprint density at radius 1 is 1.10 bits per heavy atom. The largest absolute Gasteiger partial charge is 0.369 e. The van der Waals surface area contributed by atoms with Crippen molar-refractivity contribution in [2.24, 2.45) is 11.7 Å². The summed E-state index contributed by atoms with van der Waals surface area (Å²) in [4.78, 5) is 26.4. The third-order valence-electron chi connectivity index (χ3n) is 5.88. The Hall–Kier alpha value is -2.67. The van der Waals surface area contributed by atoms with Crippen LogP contribution >= 0.6 is 0 Å². The number of piperidine rings is 1. The second kappa shape index (κ2) is 8.78. The minimum Gasteiger partial charge on any atom is -0.369 e. The summed E-state index contributed by atoms with van der Waals surface area (Å²) in [7, 11) is 0. The second-order valence-corrected chi connectivity index (χ2v) is 8.10. The van der Waals surface area contributed by atoms with Gasteiger partial charge in [0.1, 0.15) is 5.69 Å². The van der Waals surface area contributed by atoms with E-state index in [1.807, 2.05) is 36.4 Å². The molecule has 1 saturated heterocycles. The normalized spacial score (nSPS) is 17.9. The van der Waals surface area contributed by atoms with Crippen molar-refractivity contribution in [3.8, 4) is 5.69 Å². The fourth-order valence-electron chi connectivity index (χ4n) is 3.94. The first-order valence-electron chi connectivity index (χ1n) is 10.6. The molecule has 7 heteroatoms. The van der Waals surface area contributed by atoms with Gasteiger partial charge < -0.3 is 16.0 Å². The van der Waals surface area contributed by atoms with E-state index in [2.05, 4.69) is 10.2 Å². The van der Waals surface area contributed by atoms with Gasteiger partial charge in [0, 0.05) is 18.4 Å². The number of likely N-dealkylation sites (tertiary alicyclic amines) is 1. The first-order valence-corrected chi connectivity index (χ1v) is 10.6. The van der Waals surface area contributed by atoms with Crippen LogP contribution in [-0.4, -0.2) is 52.7 Å². The molecule has 2 heterocycles. The lowest BCUT2D eigenvalue weighted by Crippen LogP contribution is -2.39. The predicted octanol–water partition coefficient (Wildman–Crippen LogP) is 2.07. The molecule has 1 aromatic carbocycles. The van der Waals surface area contributed by atoms with Gasteiger partial charge in [-0.1, -0.05) is 18.2 Å². The molecule has 1 aliphatic heterocycles. The second-order valence-electron chi connectivity index (χ2n) is 8.10. The Balaban J connectivity index is 1.30. The number of amides is 2. The number of benzene rings is 1. The zero-order valence-electron chi connectivity index (χ0n) is 16.7. The SMILES string of the molecule is NC(=O)C1CCN(CCCNC(=O)c2cc(C3CC3)nn2-c2ccccc2)CC1. The number of hydrogen-bond acceptors (Lipinski definition) is 4. The summed E-state index contributed by atoms with van der Waals surface area (Å²) >= 11 is 0. The van der Waals surface area contributed by atoms with Gasteiger partial charge in [-0.2, -0.15) is 5.10 Å². The van der Waals surface area contributed by atoms with Gasteiger partial charge in [0.05, 0.1) is 11.4 Å². The zero-order chi connectivity index (χ0) is 20.2. The van der Waals surface area contributed by atoms with E-state index < -0.39 is 0 Å². The molecule has 0 atom stereocenters. The van der Waals surface area contributed by atoms with Crippen molar-refractivity contribution in [1.29, 1.82) is 0 Å². The van der Waals surface area contributed by atoms with Crippen molar-refractivity contribution in [3.05, 3.63) is 47.8 Å². The van der Waals surface area contributed by atoms with Crippen molar-refractivity contribution in [2.75, 3.05) is 26.2 Å². The van der Waals surface area contributed by atoms with E-state index in [0.717, 1.165) is 63.1 Å². The van der Waals surface area contributed by atoms with Crippen LogP contribution in [0.2, 0.25) is 0 Å². The summed E-state index contributed by atoms with van der Waals surface area (Å²) in [5.74, 6) is 0.248. The fraction of sp³-hybridized carbons (Fsp3) is 0.500. The molecule has 2 fully saturated rings. The Morgan fingerprint density at radius 3 is 2.48 bits per heavy atom.